The van der Waals surface area contributed by atoms with Crippen LogP contribution in [0, 0.1) is 18.8 Å². The Labute approximate surface area is 287 Å². The van der Waals surface area contributed by atoms with E-state index in [0.29, 0.717) is 18.6 Å². The van der Waals surface area contributed by atoms with Gasteiger partial charge in [0.15, 0.2) is 0 Å². The Hall–Kier alpha value is -1.50. The molecular weight excluding hydrogens is 607 g/mol. The number of allylic oxidation sites excluding steroid dienone is 1. The van der Waals surface area contributed by atoms with Gasteiger partial charge in [-0.05, 0) is 86.8 Å². The van der Waals surface area contributed by atoms with Crippen LogP contribution >= 0.6 is 34.0 Å². The lowest BCUT2D eigenvalue weighted by molar-refractivity contribution is 0.0262. The van der Waals surface area contributed by atoms with Crippen LogP contribution in [0.3, 0.4) is 0 Å². The predicted octanol–water partition coefficient (Wildman–Crippen LogP) is 13.2. The first-order chi connectivity index (χ1) is 22.1. The van der Waals surface area contributed by atoms with Gasteiger partial charge in [-0.3, -0.25) is 5.32 Å². The van der Waals surface area contributed by atoms with E-state index in [-0.39, 0.29) is 6.10 Å². The quantitative estimate of drug-likeness (QED) is 0.0618. The summed E-state index contributed by atoms with van der Waals surface area (Å²) < 4.78 is 6.27. The number of rotatable bonds is 23. The Morgan fingerprint density at radius 1 is 0.733 bits per heavy atom. The number of hydrogen-bond acceptors (Lipinski definition) is 5. The molecule has 3 unspecified atom stereocenters. The van der Waals surface area contributed by atoms with Gasteiger partial charge in [0.25, 0.3) is 0 Å². The fourth-order valence-electron chi connectivity index (χ4n) is 6.79. The van der Waals surface area contributed by atoms with Gasteiger partial charge in [-0.1, -0.05) is 90.2 Å². The Kier molecular flexibility index (Phi) is 16.1. The summed E-state index contributed by atoms with van der Waals surface area (Å²) in [7, 11) is 0. The van der Waals surface area contributed by atoms with Gasteiger partial charge in [-0.2, -0.15) is 0 Å². The first-order valence-electron chi connectivity index (χ1n) is 18.0. The summed E-state index contributed by atoms with van der Waals surface area (Å²) in [6.45, 7) is 16.3. The van der Waals surface area contributed by atoms with Crippen molar-refractivity contribution in [2.75, 3.05) is 6.73 Å². The largest absolute Gasteiger partial charge is 0.362 e. The van der Waals surface area contributed by atoms with Crippen LogP contribution in [-0.2, 0) is 24.1 Å². The van der Waals surface area contributed by atoms with Gasteiger partial charge in [-0.15, -0.1) is 47.2 Å². The van der Waals surface area contributed by atoms with Gasteiger partial charge < -0.3 is 4.74 Å². The summed E-state index contributed by atoms with van der Waals surface area (Å²) in [5, 5.41) is 3.57. The van der Waals surface area contributed by atoms with Crippen LogP contribution in [0.15, 0.2) is 49.6 Å². The molecule has 2 nitrogen and oxygen atoms in total. The van der Waals surface area contributed by atoms with Crippen molar-refractivity contribution in [3.05, 3.63) is 70.5 Å². The van der Waals surface area contributed by atoms with Crippen molar-refractivity contribution in [1.82, 2.24) is 5.32 Å². The fraction of sp³-hybridized carbons (Fsp3) is 0.600. The minimum absolute atomic E-state index is 0.247. The number of unbranched alkanes of at least 4 members (excludes halogenated alkanes) is 10. The molecule has 5 heteroatoms. The van der Waals surface area contributed by atoms with E-state index in [4.69, 9.17) is 4.74 Å². The number of nitrogens with one attached hydrogen (secondary N) is 1. The minimum atomic E-state index is 0.247. The molecule has 3 aromatic rings. The van der Waals surface area contributed by atoms with E-state index in [1.807, 2.05) is 22.7 Å². The summed E-state index contributed by atoms with van der Waals surface area (Å²) in [5.41, 5.74) is 3.32. The molecule has 0 spiro atoms. The monoisotopic (exact) mass is 665 g/mol. The molecule has 3 heterocycles. The molecule has 248 valence electrons. The van der Waals surface area contributed by atoms with E-state index < -0.39 is 0 Å². The molecule has 4 rings (SSSR count). The molecule has 0 aromatic carbocycles. The van der Waals surface area contributed by atoms with Crippen LogP contribution in [0.5, 0.6) is 0 Å². The molecule has 0 aliphatic heterocycles. The van der Waals surface area contributed by atoms with Gasteiger partial charge in [0.2, 0.25) is 0 Å². The van der Waals surface area contributed by atoms with Gasteiger partial charge in [0.1, 0.15) is 0 Å². The van der Waals surface area contributed by atoms with Gasteiger partial charge in [-0.25, -0.2) is 0 Å². The van der Waals surface area contributed by atoms with Gasteiger partial charge in [0, 0.05) is 41.7 Å². The molecular formula is C40H59NOS3. The lowest BCUT2D eigenvalue weighted by atomic mass is 9.95. The van der Waals surface area contributed by atoms with Crippen molar-refractivity contribution >= 4 is 34.0 Å². The van der Waals surface area contributed by atoms with Crippen molar-refractivity contribution in [2.45, 2.75) is 136 Å². The van der Waals surface area contributed by atoms with Gasteiger partial charge in [0.05, 0.1) is 12.8 Å². The normalized spacial score (nSPS) is 18.2. The van der Waals surface area contributed by atoms with Crippen molar-refractivity contribution < 1.29 is 4.74 Å². The smallest absolute Gasteiger partial charge is 0.0972 e. The lowest BCUT2D eigenvalue weighted by Crippen LogP contribution is -2.24. The van der Waals surface area contributed by atoms with Crippen LogP contribution in [-0.4, -0.2) is 12.8 Å². The lowest BCUT2D eigenvalue weighted by Gasteiger charge is -2.17. The molecule has 1 saturated carbocycles. The summed E-state index contributed by atoms with van der Waals surface area (Å²) in [5.74, 6) is 0.974. The number of aryl methyl sites for hydroxylation is 1. The summed E-state index contributed by atoms with van der Waals surface area (Å²) in [6, 6.07) is 9.39. The highest BCUT2D eigenvalue weighted by atomic mass is 32.1. The van der Waals surface area contributed by atoms with Crippen LogP contribution in [0.25, 0.3) is 19.5 Å². The van der Waals surface area contributed by atoms with E-state index in [1.165, 1.54) is 114 Å². The maximum absolute atomic E-state index is 6.27. The topological polar surface area (TPSA) is 21.3 Å². The zero-order chi connectivity index (χ0) is 31.9. The third-order valence-corrected chi connectivity index (χ3v) is 13.2. The molecule has 3 aromatic heterocycles. The van der Waals surface area contributed by atoms with E-state index in [0.717, 1.165) is 19.4 Å². The minimum Gasteiger partial charge on any atom is -0.362 e. The van der Waals surface area contributed by atoms with Crippen LogP contribution in [0.1, 0.15) is 125 Å². The summed E-state index contributed by atoms with van der Waals surface area (Å²) in [4.78, 5) is 8.78. The van der Waals surface area contributed by atoms with Crippen molar-refractivity contribution in [3.63, 3.8) is 0 Å². The van der Waals surface area contributed by atoms with Crippen LogP contribution in [0.4, 0.5) is 0 Å². The first-order valence-corrected chi connectivity index (χ1v) is 20.4. The number of ether oxygens (including phenoxy) is 1. The molecule has 45 heavy (non-hydrogen) atoms. The van der Waals surface area contributed by atoms with Crippen LogP contribution in [0.2, 0.25) is 0 Å². The van der Waals surface area contributed by atoms with E-state index in [1.54, 1.807) is 16.0 Å². The number of hydrogen-bond donors (Lipinski definition) is 1. The molecule has 0 bridgehead atoms. The SMILES string of the molecule is C=CC1CC(C=C)C(OCNCc2ccc(-c3sc(-c4ccc(C)s4)c(CCCCCCCC)c3CCCCCCCC)s2)C1. The molecule has 1 fully saturated rings. The van der Waals surface area contributed by atoms with Crippen molar-refractivity contribution in [1.29, 1.82) is 0 Å². The summed E-state index contributed by atoms with van der Waals surface area (Å²) in [6.07, 6.45) is 25.2. The molecule has 3 atom stereocenters. The Bertz CT molecular complexity index is 1280. The fourth-order valence-corrected chi connectivity index (χ4v) is 10.3. The highest BCUT2D eigenvalue weighted by molar-refractivity contribution is 7.26. The maximum atomic E-state index is 6.27. The maximum Gasteiger partial charge on any atom is 0.0972 e. The zero-order valence-corrected chi connectivity index (χ0v) is 30.9. The predicted molar refractivity (Wildman–Crippen MR) is 203 cm³/mol. The average Bonchev–Trinajstić information content (AvgIpc) is 3.85. The third-order valence-electron chi connectivity index (χ3n) is 9.45. The standard InChI is InChI=1S/C40H59NOS3/c1-6-10-12-14-16-18-20-34-35(21-19-17-15-13-11-7-2)40(45-39(34)37-24-22-30(5)43-37)38-25-23-33(44-38)28-41-29-42-36-27-31(8-3)26-32(36)9-4/h8-9,22-25,31-32,36,41H,3-4,6-7,10-21,26-29H2,1-2,5H3. The summed E-state index contributed by atoms with van der Waals surface area (Å²) >= 11 is 6.01. The second-order valence-corrected chi connectivity index (χ2v) is 16.5. The Morgan fingerprint density at radius 3 is 1.91 bits per heavy atom. The van der Waals surface area contributed by atoms with Crippen molar-refractivity contribution in [3.8, 4) is 19.5 Å². The first kappa shape index (κ1) is 36.3. The molecule has 0 amide bonds. The Balaban J connectivity index is 1.48. The van der Waals surface area contributed by atoms with Gasteiger partial charge >= 0.3 is 0 Å². The Morgan fingerprint density at radius 2 is 1.33 bits per heavy atom. The third kappa shape index (κ3) is 11.0. The molecule has 1 N–H and O–H groups in total. The molecule has 0 saturated heterocycles. The average molecular weight is 666 g/mol. The molecule has 0 radical (unpaired) electrons. The van der Waals surface area contributed by atoms with E-state index in [9.17, 15) is 0 Å². The zero-order valence-electron chi connectivity index (χ0n) is 28.5. The number of thiophene rings is 3. The molecule has 1 aliphatic rings. The second-order valence-electron chi connectivity index (χ2n) is 13.1. The van der Waals surface area contributed by atoms with E-state index >= 15 is 0 Å². The second kappa shape index (κ2) is 20.0. The van der Waals surface area contributed by atoms with E-state index in [2.05, 4.69) is 87.0 Å². The highest BCUT2D eigenvalue weighted by Gasteiger charge is 2.31. The van der Waals surface area contributed by atoms with Crippen LogP contribution < -0.4 is 5.32 Å². The van der Waals surface area contributed by atoms with Crippen molar-refractivity contribution in [2.24, 2.45) is 11.8 Å². The molecule has 1 aliphatic carbocycles. The highest BCUT2D eigenvalue weighted by Crippen LogP contribution is 2.47.